The van der Waals surface area contributed by atoms with Gasteiger partial charge >= 0.3 is 0 Å². The summed E-state index contributed by atoms with van der Waals surface area (Å²) < 4.78 is 0. The molecule has 3 heterocycles. The van der Waals surface area contributed by atoms with Crippen molar-refractivity contribution in [2.75, 3.05) is 0 Å². The first-order valence-electron chi connectivity index (χ1n) is 5.96. The molecule has 0 aromatic carbocycles. The van der Waals surface area contributed by atoms with Crippen LogP contribution in [-0.2, 0) is 6.42 Å². The number of nitrogens with zero attached hydrogens (tertiary/aromatic N) is 2. The van der Waals surface area contributed by atoms with Crippen LogP contribution < -0.4 is 5.56 Å². The van der Waals surface area contributed by atoms with E-state index < -0.39 is 0 Å². The molecule has 0 saturated carbocycles. The van der Waals surface area contributed by atoms with Gasteiger partial charge in [-0.2, -0.15) is 0 Å². The fourth-order valence-corrected chi connectivity index (χ4v) is 2.58. The second kappa shape index (κ2) is 4.89. The first-order chi connectivity index (χ1) is 9.26. The molecule has 0 aliphatic heterocycles. The summed E-state index contributed by atoms with van der Waals surface area (Å²) in [4.78, 5) is 27.3. The molecule has 3 aromatic rings. The zero-order chi connectivity index (χ0) is 13.2. The minimum atomic E-state index is -0.118. The van der Waals surface area contributed by atoms with Crippen molar-refractivity contribution in [2.24, 2.45) is 0 Å². The molecule has 0 radical (unpaired) electrons. The van der Waals surface area contributed by atoms with Gasteiger partial charge in [0.2, 0.25) is 0 Å². The summed E-state index contributed by atoms with van der Waals surface area (Å²) in [7, 11) is 0. The molecule has 0 spiro atoms. The van der Waals surface area contributed by atoms with E-state index in [-0.39, 0.29) is 5.56 Å². The van der Waals surface area contributed by atoms with Crippen molar-refractivity contribution in [3.8, 4) is 0 Å². The van der Waals surface area contributed by atoms with Gasteiger partial charge in [0.25, 0.3) is 5.56 Å². The van der Waals surface area contributed by atoms with E-state index >= 15 is 0 Å². The second-order valence-corrected chi connectivity index (χ2v) is 5.13. The van der Waals surface area contributed by atoms with Crippen molar-refractivity contribution in [1.82, 2.24) is 19.9 Å². The van der Waals surface area contributed by atoms with Crippen LogP contribution >= 0.6 is 11.8 Å². The smallest absolute Gasteiger partial charge is 0.261 e. The van der Waals surface area contributed by atoms with Crippen LogP contribution in [0.15, 0.2) is 45.4 Å². The SMILES string of the molecule is CCc1cc2c(=O)[nH]c(Sc3cccnc3)nc2[nH]1. The average Bonchev–Trinajstić information content (AvgIpc) is 2.83. The number of aryl methyl sites for hydroxylation is 1. The Morgan fingerprint density at radius 1 is 1.37 bits per heavy atom. The van der Waals surface area contributed by atoms with E-state index in [1.807, 2.05) is 25.1 Å². The molecule has 0 fully saturated rings. The number of hydrogen-bond acceptors (Lipinski definition) is 4. The molecular weight excluding hydrogens is 260 g/mol. The maximum Gasteiger partial charge on any atom is 0.261 e. The fraction of sp³-hybridized carbons (Fsp3) is 0.154. The normalized spacial score (nSPS) is 11.0. The van der Waals surface area contributed by atoms with Crippen molar-refractivity contribution in [3.63, 3.8) is 0 Å². The Balaban J connectivity index is 2.03. The van der Waals surface area contributed by atoms with E-state index in [0.29, 0.717) is 16.2 Å². The summed E-state index contributed by atoms with van der Waals surface area (Å²) in [5.41, 5.74) is 1.52. The molecule has 0 amide bonds. The number of rotatable bonds is 3. The van der Waals surface area contributed by atoms with Crippen molar-refractivity contribution in [3.05, 3.63) is 46.6 Å². The van der Waals surface area contributed by atoms with Gasteiger partial charge < -0.3 is 9.97 Å². The third kappa shape index (κ3) is 2.39. The van der Waals surface area contributed by atoms with E-state index in [9.17, 15) is 4.79 Å². The zero-order valence-electron chi connectivity index (χ0n) is 10.3. The first kappa shape index (κ1) is 12.0. The van der Waals surface area contributed by atoms with Crippen molar-refractivity contribution in [2.45, 2.75) is 23.4 Å². The molecule has 96 valence electrons. The molecule has 3 aromatic heterocycles. The summed E-state index contributed by atoms with van der Waals surface area (Å²) in [5.74, 6) is 0. The number of pyridine rings is 1. The lowest BCUT2D eigenvalue weighted by Crippen LogP contribution is -2.07. The van der Waals surface area contributed by atoms with Gasteiger partial charge in [0, 0.05) is 23.0 Å². The molecule has 0 aliphatic rings. The highest BCUT2D eigenvalue weighted by Crippen LogP contribution is 2.23. The summed E-state index contributed by atoms with van der Waals surface area (Å²) in [6, 6.07) is 5.62. The Bertz CT molecular complexity index is 763. The molecule has 2 N–H and O–H groups in total. The summed E-state index contributed by atoms with van der Waals surface area (Å²) >= 11 is 1.38. The number of fused-ring (bicyclic) bond motifs is 1. The number of H-pyrrole nitrogens is 2. The monoisotopic (exact) mass is 272 g/mol. The van der Waals surface area contributed by atoms with Crippen LogP contribution in [0.3, 0.4) is 0 Å². The Labute approximate surface area is 113 Å². The molecule has 0 bridgehead atoms. The van der Waals surface area contributed by atoms with Gasteiger partial charge in [0.05, 0.1) is 5.39 Å². The highest BCUT2D eigenvalue weighted by atomic mass is 32.2. The van der Waals surface area contributed by atoms with Gasteiger partial charge in [-0.3, -0.25) is 9.78 Å². The van der Waals surface area contributed by atoms with Crippen LogP contribution in [0.25, 0.3) is 11.0 Å². The number of nitrogens with one attached hydrogen (secondary N) is 2. The van der Waals surface area contributed by atoms with Crippen molar-refractivity contribution >= 4 is 22.8 Å². The van der Waals surface area contributed by atoms with Gasteiger partial charge in [-0.05, 0) is 24.6 Å². The van der Waals surface area contributed by atoms with Crippen LogP contribution in [0.2, 0.25) is 0 Å². The summed E-state index contributed by atoms with van der Waals surface area (Å²) in [5, 5.41) is 1.17. The third-order valence-corrected chi connectivity index (χ3v) is 3.62. The van der Waals surface area contributed by atoms with Gasteiger partial charge in [-0.15, -0.1) is 0 Å². The zero-order valence-corrected chi connectivity index (χ0v) is 11.1. The molecule has 5 nitrogen and oxygen atoms in total. The Morgan fingerprint density at radius 3 is 3.00 bits per heavy atom. The molecule has 0 aliphatic carbocycles. The average molecular weight is 272 g/mol. The van der Waals surface area contributed by atoms with Crippen LogP contribution in [0.4, 0.5) is 0 Å². The maximum absolute atomic E-state index is 12.0. The molecule has 6 heteroatoms. The quantitative estimate of drug-likeness (QED) is 0.718. The van der Waals surface area contributed by atoms with Crippen molar-refractivity contribution in [1.29, 1.82) is 0 Å². The molecule has 0 unspecified atom stereocenters. The van der Waals surface area contributed by atoms with Crippen LogP contribution in [0.1, 0.15) is 12.6 Å². The highest BCUT2D eigenvalue weighted by molar-refractivity contribution is 7.99. The predicted molar refractivity (Wildman–Crippen MR) is 74.5 cm³/mol. The molecule has 3 rings (SSSR count). The van der Waals surface area contributed by atoms with Crippen molar-refractivity contribution < 1.29 is 0 Å². The van der Waals surface area contributed by atoms with Crippen LogP contribution in [0, 0.1) is 0 Å². The number of aromatic amines is 2. The van der Waals surface area contributed by atoms with E-state index in [1.165, 1.54) is 11.8 Å². The number of hydrogen-bond donors (Lipinski definition) is 2. The Morgan fingerprint density at radius 2 is 2.26 bits per heavy atom. The molecule has 0 atom stereocenters. The predicted octanol–water partition coefficient (Wildman–Crippen LogP) is 2.36. The largest absolute Gasteiger partial charge is 0.343 e. The van der Waals surface area contributed by atoms with E-state index in [0.717, 1.165) is 17.0 Å². The van der Waals surface area contributed by atoms with Gasteiger partial charge in [-0.1, -0.05) is 18.7 Å². The number of aromatic nitrogens is 4. The lowest BCUT2D eigenvalue weighted by molar-refractivity contribution is 0.961. The third-order valence-electron chi connectivity index (χ3n) is 2.76. The van der Waals surface area contributed by atoms with Crippen LogP contribution in [-0.4, -0.2) is 19.9 Å². The van der Waals surface area contributed by atoms with E-state index in [2.05, 4.69) is 19.9 Å². The topological polar surface area (TPSA) is 74.4 Å². The van der Waals surface area contributed by atoms with E-state index in [4.69, 9.17) is 0 Å². The first-order valence-corrected chi connectivity index (χ1v) is 6.77. The van der Waals surface area contributed by atoms with Gasteiger partial charge in [-0.25, -0.2) is 4.98 Å². The standard InChI is InChI=1S/C13H12N4OS/c1-2-8-6-10-11(15-8)16-13(17-12(10)18)19-9-4-3-5-14-7-9/h3-7H,2H2,1H3,(H2,15,16,17,18). The molecule has 19 heavy (non-hydrogen) atoms. The molecule has 0 saturated heterocycles. The van der Waals surface area contributed by atoms with Gasteiger partial charge in [0.1, 0.15) is 5.65 Å². The lowest BCUT2D eigenvalue weighted by atomic mass is 10.3. The maximum atomic E-state index is 12.0. The Kier molecular flexibility index (Phi) is 3.08. The van der Waals surface area contributed by atoms with Gasteiger partial charge in [0.15, 0.2) is 5.16 Å². The fourth-order valence-electron chi connectivity index (χ4n) is 1.81. The summed E-state index contributed by atoms with van der Waals surface area (Å²) in [6.45, 7) is 2.03. The van der Waals surface area contributed by atoms with E-state index in [1.54, 1.807) is 12.4 Å². The highest BCUT2D eigenvalue weighted by Gasteiger charge is 2.08. The van der Waals surface area contributed by atoms with Crippen LogP contribution in [0.5, 0.6) is 0 Å². The second-order valence-electron chi connectivity index (χ2n) is 4.07. The molecular formula is C13H12N4OS. The summed E-state index contributed by atoms with van der Waals surface area (Å²) in [6.07, 6.45) is 4.30. The lowest BCUT2D eigenvalue weighted by Gasteiger charge is -1.99. The minimum absolute atomic E-state index is 0.118. The Hall–Kier alpha value is -2.08. The minimum Gasteiger partial charge on any atom is -0.343 e.